The quantitative estimate of drug-likeness (QED) is 0.633. The zero-order chi connectivity index (χ0) is 17.8. The van der Waals surface area contributed by atoms with Gasteiger partial charge in [0.05, 0.1) is 18.7 Å². The summed E-state index contributed by atoms with van der Waals surface area (Å²) in [5.74, 6) is 1.20. The highest BCUT2D eigenvalue weighted by Crippen LogP contribution is 2.35. The molecule has 1 aromatic carbocycles. The van der Waals surface area contributed by atoms with Crippen LogP contribution in [0, 0.1) is 0 Å². The zero-order valence-corrected chi connectivity index (χ0v) is 15.5. The van der Waals surface area contributed by atoms with Crippen molar-refractivity contribution in [1.29, 1.82) is 0 Å². The molecule has 0 aliphatic heterocycles. The van der Waals surface area contributed by atoms with Gasteiger partial charge in [0.1, 0.15) is 5.75 Å². The molecule has 0 bridgehead atoms. The van der Waals surface area contributed by atoms with E-state index in [9.17, 15) is 0 Å². The molecule has 5 nitrogen and oxygen atoms in total. The second-order valence-electron chi connectivity index (χ2n) is 6.84. The number of methoxy groups -OCH3 is 1. The number of hydrogen-bond donors (Lipinski definition) is 1. The number of nitrogens with zero attached hydrogens (tertiary/aromatic N) is 2. The fourth-order valence-electron chi connectivity index (χ4n) is 3.20. The van der Waals surface area contributed by atoms with Gasteiger partial charge in [0.25, 0.3) is 0 Å². The van der Waals surface area contributed by atoms with E-state index in [1.54, 1.807) is 7.11 Å². The topological polar surface area (TPSA) is 50.4 Å². The minimum absolute atomic E-state index is 0.264. The summed E-state index contributed by atoms with van der Waals surface area (Å²) in [5, 5.41) is 2.32. The van der Waals surface area contributed by atoms with E-state index < -0.39 is 0 Å². The number of fused-ring (bicyclic) bond motifs is 3. The lowest BCUT2D eigenvalue weighted by atomic mass is 9.98. The van der Waals surface area contributed by atoms with Crippen molar-refractivity contribution in [1.82, 2.24) is 14.9 Å². The van der Waals surface area contributed by atoms with Crippen molar-refractivity contribution >= 4 is 21.8 Å². The van der Waals surface area contributed by atoms with Crippen molar-refractivity contribution in [2.45, 2.75) is 19.3 Å². The van der Waals surface area contributed by atoms with E-state index >= 15 is 0 Å². The Morgan fingerprint density at radius 2 is 2.04 bits per heavy atom. The van der Waals surface area contributed by atoms with Gasteiger partial charge in [0, 0.05) is 54.3 Å². The summed E-state index contributed by atoms with van der Waals surface area (Å²) >= 11 is 0. The summed E-state index contributed by atoms with van der Waals surface area (Å²) in [7, 11) is 5.90. The lowest BCUT2D eigenvalue weighted by Gasteiger charge is -2.18. The molecular weight excluding hydrogens is 314 g/mol. The Morgan fingerprint density at radius 3 is 2.80 bits per heavy atom. The number of ether oxygens (including phenoxy) is 2. The molecule has 1 unspecified atom stereocenters. The van der Waals surface area contributed by atoms with Crippen LogP contribution in [0.2, 0.25) is 0 Å². The predicted molar refractivity (Wildman–Crippen MR) is 103 cm³/mol. The Labute approximate surface area is 148 Å². The molecule has 0 radical (unpaired) electrons. The van der Waals surface area contributed by atoms with Gasteiger partial charge in [-0.3, -0.25) is 4.98 Å². The van der Waals surface area contributed by atoms with E-state index in [1.165, 1.54) is 10.9 Å². The summed E-state index contributed by atoms with van der Waals surface area (Å²) < 4.78 is 11.5. The molecule has 0 saturated heterocycles. The SMILES string of the molecule is COCC(C)c1cc2c(cc1OCCCN(C)C)[nH]c1ccncc12. The van der Waals surface area contributed by atoms with Crippen LogP contribution in [0.25, 0.3) is 21.8 Å². The molecule has 0 amide bonds. The Kier molecular flexibility index (Phi) is 5.56. The van der Waals surface area contributed by atoms with E-state index in [0.29, 0.717) is 13.2 Å². The van der Waals surface area contributed by atoms with Gasteiger partial charge in [-0.15, -0.1) is 0 Å². The Bertz CT molecular complexity index is 841. The third-order valence-electron chi connectivity index (χ3n) is 4.49. The average molecular weight is 341 g/mol. The van der Waals surface area contributed by atoms with Gasteiger partial charge in [-0.2, -0.15) is 0 Å². The maximum atomic E-state index is 6.14. The van der Waals surface area contributed by atoms with Gasteiger partial charge in [-0.05, 0) is 38.2 Å². The van der Waals surface area contributed by atoms with Gasteiger partial charge < -0.3 is 19.4 Å². The first-order chi connectivity index (χ1) is 12.1. The van der Waals surface area contributed by atoms with Crippen LogP contribution >= 0.6 is 0 Å². The number of pyridine rings is 1. The van der Waals surface area contributed by atoms with Crippen LogP contribution in [-0.4, -0.2) is 55.8 Å². The smallest absolute Gasteiger partial charge is 0.124 e. The molecular formula is C20H27N3O2. The van der Waals surface area contributed by atoms with Crippen molar-refractivity contribution in [3.8, 4) is 5.75 Å². The zero-order valence-electron chi connectivity index (χ0n) is 15.5. The molecule has 2 heterocycles. The molecule has 0 aliphatic rings. The maximum Gasteiger partial charge on any atom is 0.124 e. The Hall–Kier alpha value is -2.11. The van der Waals surface area contributed by atoms with Crippen molar-refractivity contribution < 1.29 is 9.47 Å². The van der Waals surface area contributed by atoms with Crippen LogP contribution in [0.1, 0.15) is 24.8 Å². The predicted octanol–water partition coefficient (Wildman–Crippen LogP) is 3.80. The number of aromatic amines is 1. The van der Waals surface area contributed by atoms with E-state index in [1.807, 2.05) is 18.5 Å². The number of hydrogen-bond acceptors (Lipinski definition) is 4. The highest BCUT2D eigenvalue weighted by atomic mass is 16.5. The first-order valence-corrected chi connectivity index (χ1v) is 8.76. The van der Waals surface area contributed by atoms with Gasteiger partial charge in [-0.25, -0.2) is 0 Å². The van der Waals surface area contributed by atoms with Crippen LogP contribution in [0.5, 0.6) is 5.75 Å². The summed E-state index contributed by atoms with van der Waals surface area (Å²) in [4.78, 5) is 9.90. The van der Waals surface area contributed by atoms with E-state index in [4.69, 9.17) is 9.47 Å². The molecule has 0 aliphatic carbocycles. The molecule has 1 N–H and O–H groups in total. The van der Waals surface area contributed by atoms with E-state index in [2.05, 4.69) is 48.0 Å². The third kappa shape index (κ3) is 3.94. The lowest BCUT2D eigenvalue weighted by molar-refractivity contribution is 0.182. The number of aromatic nitrogens is 2. The first-order valence-electron chi connectivity index (χ1n) is 8.76. The summed E-state index contributed by atoms with van der Waals surface area (Å²) in [6.07, 6.45) is 4.72. The van der Waals surface area contributed by atoms with E-state index in [0.717, 1.165) is 35.1 Å². The van der Waals surface area contributed by atoms with Gasteiger partial charge >= 0.3 is 0 Å². The van der Waals surface area contributed by atoms with Crippen molar-refractivity contribution in [3.63, 3.8) is 0 Å². The van der Waals surface area contributed by atoms with Gasteiger partial charge in [-0.1, -0.05) is 6.92 Å². The molecule has 1 atom stereocenters. The average Bonchev–Trinajstić information content (AvgIpc) is 2.95. The minimum Gasteiger partial charge on any atom is -0.493 e. The number of rotatable bonds is 8. The van der Waals surface area contributed by atoms with E-state index in [-0.39, 0.29) is 5.92 Å². The van der Waals surface area contributed by atoms with Crippen LogP contribution in [0.15, 0.2) is 30.6 Å². The fraction of sp³-hybridized carbons (Fsp3) is 0.450. The van der Waals surface area contributed by atoms with Crippen molar-refractivity contribution in [2.75, 3.05) is 41.0 Å². The molecule has 3 aromatic rings. The molecule has 0 saturated carbocycles. The standard InChI is InChI=1S/C20H27N3O2/c1-14(13-24-4)15-10-16-17-12-21-7-6-18(17)22-19(16)11-20(15)25-9-5-8-23(2)3/h6-7,10-12,14,22H,5,8-9,13H2,1-4H3. The summed E-state index contributed by atoms with van der Waals surface area (Å²) in [5.41, 5.74) is 3.36. The number of benzene rings is 1. The van der Waals surface area contributed by atoms with Crippen LogP contribution in [0.3, 0.4) is 0 Å². The monoisotopic (exact) mass is 341 g/mol. The molecule has 134 valence electrons. The second-order valence-corrected chi connectivity index (χ2v) is 6.84. The van der Waals surface area contributed by atoms with Crippen molar-refractivity contribution in [3.05, 3.63) is 36.2 Å². The molecule has 0 fully saturated rings. The third-order valence-corrected chi connectivity index (χ3v) is 4.49. The Morgan fingerprint density at radius 1 is 1.20 bits per heavy atom. The first kappa shape index (κ1) is 17.7. The van der Waals surface area contributed by atoms with Crippen LogP contribution < -0.4 is 4.74 Å². The Balaban J connectivity index is 1.97. The van der Waals surface area contributed by atoms with Crippen molar-refractivity contribution in [2.24, 2.45) is 0 Å². The maximum absolute atomic E-state index is 6.14. The van der Waals surface area contributed by atoms with Crippen LogP contribution in [-0.2, 0) is 4.74 Å². The van der Waals surface area contributed by atoms with Crippen LogP contribution in [0.4, 0.5) is 0 Å². The van der Waals surface area contributed by atoms with Gasteiger partial charge in [0.2, 0.25) is 0 Å². The highest BCUT2D eigenvalue weighted by molar-refractivity contribution is 6.07. The molecule has 0 spiro atoms. The van der Waals surface area contributed by atoms with Gasteiger partial charge in [0.15, 0.2) is 0 Å². The molecule has 2 aromatic heterocycles. The number of H-pyrrole nitrogens is 1. The normalized spacial score (nSPS) is 13.0. The fourth-order valence-corrected chi connectivity index (χ4v) is 3.20. The largest absolute Gasteiger partial charge is 0.493 e. The number of nitrogens with one attached hydrogen (secondary N) is 1. The summed E-state index contributed by atoms with van der Waals surface area (Å²) in [6, 6.07) is 6.35. The lowest BCUT2D eigenvalue weighted by Crippen LogP contribution is -2.16. The molecule has 5 heteroatoms. The summed E-state index contributed by atoms with van der Waals surface area (Å²) in [6.45, 7) is 4.56. The molecule has 3 rings (SSSR count). The second kappa shape index (κ2) is 7.85. The minimum atomic E-state index is 0.264. The molecule has 25 heavy (non-hydrogen) atoms. The highest BCUT2D eigenvalue weighted by Gasteiger charge is 2.16.